The molecule has 0 aromatic carbocycles. The molecule has 1 rings (SSSR count). The molecule has 0 heterocycles. The molecule has 1 N–H and O–H groups in total. The largest absolute Gasteiger partial charge is 0.466 e. The molecule has 0 aromatic heterocycles. The molecule has 4 heteroatoms. The van der Waals surface area contributed by atoms with Gasteiger partial charge in [0.2, 0.25) is 0 Å². The monoisotopic (exact) mass is 229 g/mol. The highest BCUT2D eigenvalue weighted by atomic mass is 16.5. The van der Waals surface area contributed by atoms with E-state index >= 15 is 0 Å². The number of hydrogen-bond donors (Lipinski definition) is 1. The maximum Gasteiger partial charge on any atom is 0.309 e. The molecule has 0 saturated heterocycles. The number of rotatable bonds is 7. The molecule has 94 valence electrons. The topological polar surface area (TPSA) is 47.6 Å². The number of hydrogen-bond acceptors (Lipinski definition) is 4. The molecule has 0 spiro atoms. The zero-order valence-corrected chi connectivity index (χ0v) is 10.5. The minimum Gasteiger partial charge on any atom is -0.466 e. The number of carbonyl (C=O) groups is 1. The molecule has 0 radical (unpaired) electrons. The summed E-state index contributed by atoms with van der Waals surface area (Å²) in [7, 11) is 0. The summed E-state index contributed by atoms with van der Waals surface area (Å²) < 4.78 is 10.4. The maximum absolute atomic E-state index is 11.3. The average molecular weight is 229 g/mol. The molecule has 16 heavy (non-hydrogen) atoms. The molecular weight excluding hydrogens is 206 g/mol. The van der Waals surface area contributed by atoms with E-state index in [2.05, 4.69) is 5.32 Å². The van der Waals surface area contributed by atoms with Crippen LogP contribution in [0.15, 0.2) is 0 Å². The third-order valence-electron chi connectivity index (χ3n) is 2.90. The van der Waals surface area contributed by atoms with Crippen molar-refractivity contribution in [3.8, 4) is 0 Å². The lowest BCUT2D eigenvalue weighted by molar-refractivity contribution is -0.147. The van der Waals surface area contributed by atoms with Gasteiger partial charge in [-0.05, 0) is 26.7 Å². The highest BCUT2D eigenvalue weighted by molar-refractivity contribution is 5.72. The number of nitrogens with one attached hydrogen (secondary N) is 1. The predicted molar refractivity (Wildman–Crippen MR) is 62.2 cm³/mol. The lowest BCUT2D eigenvalue weighted by Crippen LogP contribution is -2.47. The first kappa shape index (κ1) is 13.5. The van der Waals surface area contributed by atoms with E-state index < -0.39 is 0 Å². The van der Waals surface area contributed by atoms with Crippen LogP contribution in [0, 0.1) is 5.92 Å². The van der Waals surface area contributed by atoms with Gasteiger partial charge in [-0.1, -0.05) is 6.92 Å². The van der Waals surface area contributed by atoms with Crippen molar-refractivity contribution < 1.29 is 14.3 Å². The Morgan fingerprint density at radius 2 is 2.06 bits per heavy atom. The van der Waals surface area contributed by atoms with Crippen molar-refractivity contribution in [3.63, 3.8) is 0 Å². The summed E-state index contributed by atoms with van der Waals surface area (Å²) in [5.41, 5.74) is 0. The Morgan fingerprint density at radius 1 is 1.38 bits per heavy atom. The zero-order valence-electron chi connectivity index (χ0n) is 10.5. The van der Waals surface area contributed by atoms with Gasteiger partial charge in [0.05, 0.1) is 18.6 Å². The molecule has 1 saturated carbocycles. The molecule has 0 amide bonds. The molecule has 1 fully saturated rings. The van der Waals surface area contributed by atoms with Gasteiger partial charge in [-0.3, -0.25) is 4.79 Å². The second-order valence-corrected chi connectivity index (χ2v) is 4.31. The first-order chi connectivity index (χ1) is 7.67. The lowest BCUT2D eigenvalue weighted by Gasteiger charge is -2.36. The van der Waals surface area contributed by atoms with Gasteiger partial charge in [-0.25, -0.2) is 0 Å². The lowest BCUT2D eigenvalue weighted by atomic mass is 9.89. The van der Waals surface area contributed by atoms with Crippen LogP contribution in [0.5, 0.6) is 0 Å². The van der Waals surface area contributed by atoms with Crippen molar-refractivity contribution in [3.05, 3.63) is 0 Å². The molecule has 0 aliphatic heterocycles. The van der Waals surface area contributed by atoms with Crippen molar-refractivity contribution in [2.24, 2.45) is 5.92 Å². The molecule has 1 aliphatic carbocycles. The summed E-state index contributed by atoms with van der Waals surface area (Å²) in [6.07, 6.45) is 2.53. The third kappa shape index (κ3) is 4.10. The summed E-state index contributed by atoms with van der Waals surface area (Å²) in [5, 5.41) is 3.37. The Kier molecular flexibility index (Phi) is 5.77. The van der Waals surface area contributed by atoms with Gasteiger partial charge in [0.25, 0.3) is 0 Å². The van der Waals surface area contributed by atoms with E-state index in [1.54, 1.807) is 0 Å². The molecule has 4 nitrogen and oxygen atoms in total. The van der Waals surface area contributed by atoms with Crippen LogP contribution in [-0.4, -0.2) is 37.9 Å². The third-order valence-corrected chi connectivity index (χ3v) is 2.90. The van der Waals surface area contributed by atoms with E-state index in [-0.39, 0.29) is 11.9 Å². The summed E-state index contributed by atoms with van der Waals surface area (Å²) in [6.45, 7) is 7.68. The van der Waals surface area contributed by atoms with Crippen molar-refractivity contribution in [1.82, 2.24) is 5.32 Å². The fourth-order valence-corrected chi connectivity index (χ4v) is 1.82. The Balaban J connectivity index is 2.05. The van der Waals surface area contributed by atoms with Gasteiger partial charge in [-0.2, -0.15) is 0 Å². The highest BCUT2D eigenvalue weighted by Crippen LogP contribution is 2.23. The van der Waals surface area contributed by atoms with Crippen LogP contribution in [0.2, 0.25) is 0 Å². The first-order valence-electron chi connectivity index (χ1n) is 6.19. The second-order valence-electron chi connectivity index (χ2n) is 4.31. The normalized spacial score (nSPS) is 25.9. The molecule has 0 bridgehead atoms. The van der Waals surface area contributed by atoms with Crippen LogP contribution in [0.1, 0.15) is 33.6 Å². The smallest absolute Gasteiger partial charge is 0.309 e. The summed E-state index contributed by atoms with van der Waals surface area (Å²) in [4.78, 5) is 11.3. The summed E-state index contributed by atoms with van der Waals surface area (Å²) >= 11 is 0. The van der Waals surface area contributed by atoms with E-state index in [1.165, 1.54) is 0 Å². The van der Waals surface area contributed by atoms with Crippen LogP contribution in [0.25, 0.3) is 0 Å². The standard InChI is InChI=1S/C12H23NO3/c1-4-15-11-6-10(7-11)13-8-9(3)12(14)16-5-2/h9-11,13H,4-8H2,1-3H3. The number of esters is 1. The van der Waals surface area contributed by atoms with E-state index in [0.29, 0.717) is 25.3 Å². The second kappa shape index (κ2) is 6.86. The van der Waals surface area contributed by atoms with Gasteiger partial charge >= 0.3 is 5.97 Å². The van der Waals surface area contributed by atoms with Crippen molar-refractivity contribution >= 4 is 5.97 Å². The summed E-state index contributed by atoms with van der Waals surface area (Å²) in [5.74, 6) is -0.179. The first-order valence-corrected chi connectivity index (χ1v) is 6.19. The van der Waals surface area contributed by atoms with E-state index in [0.717, 1.165) is 19.4 Å². The maximum atomic E-state index is 11.3. The molecule has 1 aliphatic rings. The fraction of sp³-hybridized carbons (Fsp3) is 0.917. The van der Waals surface area contributed by atoms with Crippen LogP contribution in [-0.2, 0) is 14.3 Å². The molecular formula is C12H23NO3. The SMILES string of the molecule is CCOC(=O)C(C)CNC1CC(OCC)C1. The van der Waals surface area contributed by atoms with Crippen LogP contribution in [0.3, 0.4) is 0 Å². The minimum absolute atomic E-state index is 0.0638. The van der Waals surface area contributed by atoms with Crippen LogP contribution < -0.4 is 5.32 Å². The van der Waals surface area contributed by atoms with E-state index in [9.17, 15) is 4.79 Å². The zero-order chi connectivity index (χ0) is 12.0. The molecule has 1 atom stereocenters. The van der Waals surface area contributed by atoms with Gasteiger partial charge in [0.15, 0.2) is 0 Å². The number of carbonyl (C=O) groups excluding carboxylic acids is 1. The Hall–Kier alpha value is -0.610. The van der Waals surface area contributed by atoms with Crippen molar-refractivity contribution in [2.45, 2.75) is 45.8 Å². The Bertz CT molecular complexity index is 214. The Morgan fingerprint density at radius 3 is 2.62 bits per heavy atom. The van der Waals surface area contributed by atoms with Gasteiger partial charge in [0, 0.05) is 19.2 Å². The predicted octanol–water partition coefficient (Wildman–Crippen LogP) is 1.34. The van der Waals surface area contributed by atoms with Crippen LogP contribution >= 0.6 is 0 Å². The number of ether oxygens (including phenoxy) is 2. The molecule has 0 aromatic rings. The highest BCUT2D eigenvalue weighted by Gasteiger charge is 2.29. The van der Waals surface area contributed by atoms with Gasteiger partial charge in [-0.15, -0.1) is 0 Å². The van der Waals surface area contributed by atoms with Crippen molar-refractivity contribution in [1.29, 1.82) is 0 Å². The van der Waals surface area contributed by atoms with Crippen molar-refractivity contribution in [2.75, 3.05) is 19.8 Å². The quantitative estimate of drug-likeness (QED) is 0.669. The van der Waals surface area contributed by atoms with Gasteiger partial charge < -0.3 is 14.8 Å². The average Bonchev–Trinajstić information content (AvgIpc) is 2.21. The minimum atomic E-state index is -0.115. The van der Waals surface area contributed by atoms with Gasteiger partial charge in [0.1, 0.15) is 0 Å². The van der Waals surface area contributed by atoms with Crippen LogP contribution in [0.4, 0.5) is 0 Å². The fourth-order valence-electron chi connectivity index (χ4n) is 1.82. The Labute approximate surface area is 97.7 Å². The van der Waals surface area contributed by atoms with E-state index in [4.69, 9.17) is 9.47 Å². The summed E-state index contributed by atoms with van der Waals surface area (Å²) in [6, 6.07) is 0.508. The van der Waals surface area contributed by atoms with E-state index in [1.807, 2.05) is 20.8 Å². The molecule has 1 unspecified atom stereocenters.